The number of anilines is 2. The summed E-state index contributed by atoms with van der Waals surface area (Å²) in [6, 6.07) is 11.5. The fourth-order valence-electron chi connectivity index (χ4n) is 4.14. The smallest absolute Gasteiger partial charge is 0.269 e. The van der Waals surface area contributed by atoms with Crippen LogP contribution in [0.1, 0.15) is 28.9 Å². The molecule has 4 aromatic rings. The maximum absolute atomic E-state index is 12.2. The Morgan fingerprint density at radius 3 is 2.75 bits per heavy atom. The van der Waals surface area contributed by atoms with E-state index in [4.69, 9.17) is 11.5 Å². The second-order valence-corrected chi connectivity index (χ2v) is 8.14. The number of fused-ring (bicyclic) bond motifs is 1. The third-order valence-electron chi connectivity index (χ3n) is 5.87. The highest BCUT2D eigenvalue weighted by atomic mass is 16.3. The van der Waals surface area contributed by atoms with Crippen molar-refractivity contribution < 1.29 is 9.90 Å². The molecule has 1 fully saturated rings. The van der Waals surface area contributed by atoms with Crippen LogP contribution in [0.4, 0.5) is 11.5 Å². The van der Waals surface area contributed by atoms with Crippen molar-refractivity contribution in [2.75, 3.05) is 11.1 Å². The summed E-state index contributed by atoms with van der Waals surface area (Å²) in [4.78, 5) is 21.3. The molecule has 0 radical (unpaired) electrons. The van der Waals surface area contributed by atoms with Crippen molar-refractivity contribution in [2.24, 2.45) is 5.73 Å². The number of amides is 1. The van der Waals surface area contributed by atoms with E-state index in [1.807, 2.05) is 43.3 Å². The van der Waals surface area contributed by atoms with Crippen LogP contribution < -0.4 is 16.8 Å². The summed E-state index contributed by atoms with van der Waals surface area (Å²) in [6.45, 7) is 1.97. The Labute approximate surface area is 183 Å². The number of aromatic nitrogens is 4. The number of pyridine rings is 2. The van der Waals surface area contributed by atoms with Gasteiger partial charge in [0.05, 0.1) is 34.9 Å². The van der Waals surface area contributed by atoms with Crippen LogP contribution in [0.2, 0.25) is 0 Å². The Morgan fingerprint density at radius 2 is 2.00 bits per heavy atom. The lowest BCUT2D eigenvalue weighted by Crippen LogP contribution is -2.39. The number of nitrogens with one attached hydrogen (secondary N) is 2. The summed E-state index contributed by atoms with van der Waals surface area (Å²) in [5.41, 5.74) is 16.6. The SMILES string of the molecule is Cc1ccc2[nH]ncc2c1-c1cc(-c2cccc(NC3CC(O)C3)n2)nc(C(N)=O)c1N. The molecule has 0 saturated heterocycles. The van der Waals surface area contributed by atoms with Gasteiger partial charge < -0.3 is 21.9 Å². The fourth-order valence-corrected chi connectivity index (χ4v) is 4.14. The molecule has 9 heteroatoms. The molecule has 1 saturated carbocycles. The van der Waals surface area contributed by atoms with Crippen molar-refractivity contribution in [3.63, 3.8) is 0 Å². The second-order valence-electron chi connectivity index (χ2n) is 8.14. The summed E-state index contributed by atoms with van der Waals surface area (Å²) >= 11 is 0. The van der Waals surface area contributed by atoms with Gasteiger partial charge in [-0.15, -0.1) is 0 Å². The van der Waals surface area contributed by atoms with Gasteiger partial charge in [-0.2, -0.15) is 5.10 Å². The summed E-state index contributed by atoms with van der Waals surface area (Å²) in [7, 11) is 0. The maximum Gasteiger partial charge on any atom is 0.269 e. The van der Waals surface area contributed by atoms with Crippen LogP contribution in [0.15, 0.2) is 42.6 Å². The zero-order valence-electron chi connectivity index (χ0n) is 17.5. The largest absolute Gasteiger partial charge is 0.396 e. The van der Waals surface area contributed by atoms with E-state index in [-0.39, 0.29) is 23.5 Å². The van der Waals surface area contributed by atoms with Crippen LogP contribution in [0.5, 0.6) is 0 Å². The molecular weight excluding hydrogens is 406 g/mol. The second kappa shape index (κ2) is 7.61. The van der Waals surface area contributed by atoms with Crippen LogP contribution in [0.25, 0.3) is 33.4 Å². The van der Waals surface area contributed by atoms with E-state index in [1.165, 1.54) is 0 Å². The summed E-state index contributed by atoms with van der Waals surface area (Å²) < 4.78 is 0. The Balaban J connectivity index is 1.65. The van der Waals surface area contributed by atoms with E-state index >= 15 is 0 Å². The number of nitrogens with zero attached hydrogens (tertiary/aromatic N) is 3. The standard InChI is InChI=1S/C23H23N7O2/c1-11-5-6-16-15(10-26-30-16)20(11)14-9-18(29-22(21(14)24)23(25)32)17-3-2-4-19(28-17)27-12-7-13(31)8-12/h2-6,9-10,12-13,31H,7-8,24H2,1H3,(H2,25,32)(H,26,30)(H,27,28). The highest BCUT2D eigenvalue weighted by Crippen LogP contribution is 2.38. The minimum atomic E-state index is -0.708. The molecule has 162 valence electrons. The molecule has 7 N–H and O–H groups in total. The van der Waals surface area contributed by atoms with Gasteiger partial charge >= 0.3 is 0 Å². The van der Waals surface area contributed by atoms with Gasteiger partial charge in [0.1, 0.15) is 5.82 Å². The van der Waals surface area contributed by atoms with Crippen LogP contribution in [-0.2, 0) is 0 Å². The first kappa shape index (κ1) is 20.0. The molecule has 0 aliphatic heterocycles. The molecule has 1 aliphatic rings. The van der Waals surface area contributed by atoms with Crippen molar-refractivity contribution in [3.8, 4) is 22.5 Å². The Hall–Kier alpha value is -3.98. The number of aliphatic hydroxyl groups is 1. The van der Waals surface area contributed by atoms with Crippen molar-refractivity contribution in [1.82, 2.24) is 20.2 Å². The molecule has 32 heavy (non-hydrogen) atoms. The van der Waals surface area contributed by atoms with Gasteiger partial charge in [-0.05, 0) is 55.2 Å². The summed E-state index contributed by atoms with van der Waals surface area (Å²) in [5, 5.41) is 20.8. The van der Waals surface area contributed by atoms with E-state index in [2.05, 4.69) is 25.5 Å². The van der Waals surface area contributed by atoms with E-state index < -0.39 is 5.91 Å². The minimum Gasteiger partial charge on any atom is -0.396 e. The first-order valence-electron chi connectivity index (χ1n) is 10.4. The van der Waals surface area contributed by atoms with Gasteiger partial charge in [0, 0.05) is 17.0 Å². The Bertz CT molecular complexity index is 1340. The van der Waals surface area contributed by atoms with Crippen LogP contribution in [-0.4, -0.2) is 43.3 Å². The number of aliphatic hydroxyl groups excluding tert-OH is 1. The van der Waals surface area contributed by atoms with Crippen molar-refractivity contribution >= 4 is 28.3 Å². The molecule has 9 nitrogen and oxygen atoms in total. The molecular formula is C23H23N7O2. The van der Waals surface area contributed by atoms with Gasteiger partial charge in [-0.3, -0.25) is 9.89 Å². The number of carbonyl (C=O) groups excluding carboxylic acids is 1. The predicted molar refractivity (Wildman–Crippen MR) is 123 cm³/mol. The number of nitrogens with two attached hydrogens (primary N) is 2. The zero-order valence-corrected chi connectivity index (χ0v) is 17.5. The number of primary amides is 1. The molecule has 1 amide bonds. The molecule has 3 heterocycles. The monoisotopic (exact) mass is 429 g/mol. The molecule has 0 atom stereocenters. The lowest BCUT2D eigenvalue weighted by Gasteiger charge is -2.32. The first-order valence-corrected chi connectivity index (χ1v) is 10.4. The average Bonchev–Trinajstić information content (AvgIpc) is 3.22. The summed E-state index contributed by atoms with van der Waals surface area (Å²) in [6.07, 6.45) is 2.85. The number of benzene rings is 1. The van der Waals surface area contributed by atoms with E-state index in [0.717, 1.165) is 22.0 Å². The zero-order chi connectivity index (χ0) is 22.4. The molecule has 3 aromatic heterocycles. The van der Waals surface area contributed by atoms with Gasteiger partial charge in [-0.1, -0.05) is 12.1 Å². The molecule has 0 unspecified atom stereocenters. The lowest BCUT2D eigenvalue weighted by atomic mass is 9.89. The van der Waals surface area contributed by atoms with Crippen molar-refractivity contribution in [2.45, 2.75) is 31.9 Å². The van der Waals surface area contributed by atoms with Gasteiger partial charge in [-0.25, -0.2) is 9.97 Å². The summed E-state index contributed by atoms with van der Waals surface area (Å²) in [5.74, 6) is -0.0336. The lowest BCUT2D eigenvalue weighted by molar-refractivity contribution is 0.0835. The van der Waals surface area contributed by atoms with E-state index in [0.29, 0.717) is 35.6 Å². The van der Waals surface area contributed by atoms with Gasteiger partial charge in [0.2, 0.25) is 0 Å². The topological polar surface area (TPSA) is 156 Å². The number of hydrogen-bond donors (Lipinski definition) is 5. The Kier molecular flexibility index (Phi) is 4.75. The third-order valence-corrected chi connectivity index (χ3v) is 5.87. The maximum atomic E-state index is 12.2. The molecule has 0 bridgehead atoms. The quantitative estimate of drug-likeness (QED) is 0.326. The third kappa shape index (κ3) is 3.42. The van der Waals surface area contributed by atoms with E-state index in [9.17, 15) is 9.90 Å². The number of aryl methyl sites for hydroxylation is 1. The van der Waals surface area contributed by atoms with Gasteiger partial charge in [0.25, 0.3) is 5.91 Å². The molecule has 5 rings (SSSR count). The van der Waals surface area contributed by atoms with Crippen molar-refractivity contribution in [3.05, 3.63) is 53.9 Å². The van der Waals surface area contributed by atoms with Crippen LogP contribution in [0.3, 0.4) is 0 Å². The fraction of sp³-hybridized carbons (Fsp3) is 0.217. The number of rotatable bonds is 5. The highest BCUT2D eigenvalue weighted by molar-refractivity contribution is 6.05. The van der Waals surface area contributed by atoms with Crippen LogP contribution in [0, 0.1) is 6.92 Å². The normalized spacial score (nSPS) is 17.8. The predicted octanol–water partition coefficient (Wildman–Crippen LogP) is 2.61. The molecule has 1 aromatic carbocycles. The minimum absolute atomic E-state index is 0.000301. The first-order chi connectivity index (χ1) is 15.4. The molecule has 1 aliphatic carbocycles. The Morgan fingerprint density at radius 1 is 1.19 bits per heavy atom. The number of H-pyrrole nitrogens is 1. The van der Waals surface area contributed by atoms with E-state index in [1.54, 1.807) is 6.20 Å². The molecule has 0 spiro atoms. The van der Waals surface area contributed by atoms with Crippen molar-refractivity contribution in [1.29, 1.82) is 0 Å². The number of nitrogen functional groups attached to an aromatic ring is 1. The number of aromatic amines is 1. The highest BCUT2D eigenvalue weighted by Gasteiger charge is 2.27. The number of carbonyl (C=O) groups is 1. The number of hydrogen-bond acceptors (Lipinski definition) is 7. The average molecular weight is 429 g/mol. The van der Waals surface area contributed by atoms with Gasteiger partial charge in [0.15, 0.2) is 5.69 Å². The van der Waals surface area contributed by atoms with Crippen LogP contribution >= 0.6 is 0 Å².